The Hall–Kier alpha value is -1.43. The quantitative estimate of drug-likeness (QED) is 0.573. The summed E-state index contributed by atoms with van der Waals surface area (Å²) in [6.45, 7) is 4.10. The fraction of sp³-hybridized carbons (Fsp3) is 0.625. The summed E-state index contributed by atoms with van der Waals surface area (Å²) in [5, 5.41) is 14.5. The Kier molecular flexibility index (Phi) is 3.19. The number of aromatic nitrogens is 2. The third-order valence-corrected chi connectivity index (χ3v) is 2.06. The Bertz CT molecular complexity index is 334. The normalized spacial score (nSPS) is 12.8. The Labute approximate surface area is 81.9 Å². The van der Waals surface area contributed by atoms with Crippen molar-refractivity contribution in [2.45, 2.75) is 32.9 Å². The van der Waals surface area contributed by atoms with Crippen LogP contribution in [0.5, 0.6) is 0 Å². The highest BCUT2D eigenvalue weighted by Gasteiger charge is 2.15. The lowest BCUT2D eigenvalue weighted by Gasteiger charge is -2.07. The molecule has 0 bridgehead atoms. The Balaban J connectivity index is 2.81. The monoisotopic (exact) mass is 198 g/mol. The molecule has 0 aliphatic rings. The molecular weight excluding hydrogens is 184 g/mol. The van der Waals surface area contributed by atoms with Crippen LogP contribution in [0.15, 0.2) is 6.20 Å². The molecule has 1 heterocycles. The van der Waals surface area contributed by atoms with E-state index in [0.717, 1.165) is 6.42 Å². The van der Waals surface area contributed by atoms with Crippen LogP contribution in [0.3, 0.4) is 0 Å². The van der Waals surface area contributed by atoms with E-state index < -0.39 is 4.92 Å². The molecule has 2 N–H and O–H groups in total. The zero-order valence-corrected chi connectivity index (χ0v) is 8.30. The van der Waals surface area contributed by atoms with Gasteiger partial charge >= 0.3 is 5.69 Å². The van der Waals surface area contributed by atoms with E-state index in [1.165, 1.54) is 10.9 Å². The molecule has 1 unspecified atom stereocenters. The van der Waals surface area contributed by atoms with Gasteiger partial charge in [-0.15, -0.1) is 0 Å². The lowest BCUT2D eigenvalue weighted by molar-refractivity contribution is -0.385. The van der Waals surface area contributed by atoms with Gasteiger partial charge in [0.15, 0.2) is 0 Å². The molecule has 1 aromatic heterocycles. The molecule has 0 aromatic carbocycles. The number of rotatable bonds is 4. The van der Waals surface area contributed by atoms with Crippen molar-refractivity contribution in [1.82, 2.24) is 9.78 Å². The van der Waals surface area contributed by atoms with Crippen molar-refractivity contribution in [1.29, 1.82) is 0 Å². The van der Waals surface area contributed by atoms with Gasteiger partial charge in [0.1, 0.15) is 11.9 Å². The Morgan fingerprint density at radius 1 is 1.79 bits per heavy atom. The van der Waals surface area contributed by atoms with E-state index >= 15 is 0 Å². The van der Waals surface area contributed by atoms with E-state index in [1.807, 2.05) is 6.92 Å². The van der Waals surface area contributed by atoms with E-state index in [2.05, 4.69) is 5.10 Å². The van der Waals surface area contributed by atoms with Gasteiger partial charge in [-0.2, -0.15) is 5.10 Å². The smallest absolute Gasteiger partial charge is 0.309 e. The average Bonchev–Trinajstić information content (AvgIpc) is 2.46. The lowest BCUT2D eigenvalue weighted by Crippen LogP contribution is -2.25. The van der Waals surface area contributed by atoms with Gasteiger partial charge < -0.3 is 5.73 Å². The minimum Gasteiger partial charge on any atom is -0.326 e. The van der Waals surface area contributed by atoms with Crippen molar-refractivity contribution in [3.05, 3.63) is 22.0 Å². The van der Waals surface area contributed by atoms with E-state index in [1.54, 1.807) is 6.92 Å². The summed E-state index contributed by atoms with van der Waals surface area (Å²) in [7, 11) is 0. The molecular formula is C8H14N4O2. The van der Waals surface area contributed by atoms with Gasteiger partial charge in [0, 0.05) is 6.04 Å². The molecule has 14 heavy (non-hydrogen) atoms. The van der Waals surface area contributed by atoms with Gasteiger partial charge in [-0.05, 0) is 13.3 Å². The molecule has 0 radical (unpaired) electrons. The van der Waals surface area contributed by atoms with E-state index in [9.17, 15) is 10.1 Å². The fourth-order valence-corrected chi connectivity index (χ4v) is 1.15. The van der Waals surface area contributed by atoms with Crippen molar-refractivity contribution in [2.24, 2.45) is 5.73 Å². The molecule has 0 amide bonds. The van der Waals surface area contributed by atoms with Crippen LogP contribution in [0.25, 0.3) is 0 Å². The topological polar surface area (TPSA) is 87.0 Å². The molecule has 1 aromatic rings. The molecule has 0 spiro atoms. The summed E-state index contributed by atoms with van der Waals surface area (Å²) in [4.78, 5) is 10.1. The minimum atomic E-state index is -0.434. The van der Waals surface area contributed by atoms with E-state index in [-0.39, 0.29) is 11.7 Å². The molecule has 6 nitrogen and oxygen atoms in total. The van der Waals surface area contributed by atoms with Crippen LogP contribution in [0.4, 0.5) is 5.69 Å². The van der Waals surface area contributed by atoms with Gasteiger partial charge in [-0.3, -0.25) is 14.8 Å². The van der Waals surface area contributed by atoms with Crippen molar-refractivity contribution in [3.63, 3.8) is 0 Å². The highest BCUT2D eigenvalue weighted by atomic mass is 16.6. The molecule has 6 heteroatoms. The van der Waals surface area contributed by atoms with Crippen LogP contribution >= 0.6 is 0 Å². The number of nitro groups is 1. The number of hydrogen-bond donors (Lipinski definition) is 1. The van der Waals surface area contributed by atoms with Crippen LogP contribution < -0.4 is 5.73 Å². The highest BCUT2D eigenvalue weighted by molar-refractivity contribution is 5.30. The number of nitrogens with zero attached hydrogens (tertiary/aromatic N) is 3. The number of nitrogens with two attached hydrogens (primary N) is 1. The maximum atomic E-state index is 10.5. The Morgan fingerprint density at radius 3 is 2.86 bits per heavy atom. The van der Waals surface area contributed by atoms with Crippen LogP contribution in [-0.2, 0) is 6.54 Å². The number of hydrogen-bond acceptors (Lipinski definition) is 4. The lowest BCUT2D eigenvalue weighted by atomic mass is 10.2. The molecule has 0 fully saturated rings. The molecule has 0 saturated heterocycles. The van der Waals surface area contributed by atoms with E-state index in [0.29, 0.717) is 12.2 Å². The maximum Gasteiger partial charge on any atom is 0.309 e. The van der Waals surface area contributed by atoms with Crippen molar-refractivity contribution >= 4 is 5.69 Å². The fourth-order valence-electron chi connectivity index (χ4n) is 1.15. The van der Waals surface area contributed by atoms with Crippen LogP contribution in [0.1, 0.15) is 19.0 Å². The van der Waals surface area contributed by atoms with Gasteiger partial charge in [-0.25, -0.2) is 0 Å². The first-order valence-corrected chi connectivity index (χ1v) is 4.48. The zero-order valence-electron chi connectivity index (χ0n) is 8.30. The summed E-state index contributed by atoms with van der Waals surface area (Å²) >= 11 is 0. The van der Waals surface area contributed by atoms with Gasteiger partial charge in [0.25, 0.3) is 0 Å². The molecule has 78 valence electrons. The second-order valence-electron chi connectivity index (χ2n) is 3.25. The first-order valence-electron chi connectivity index (χ1n) is 4.48. The van der Waals surface area contributed by atoms with Crippen LogP contribution in [0, 0.1) is 17.0 Å². The second-order valence-corrected chi connectivity index (χ2v) is 3.25. The van der Waals surface area contributed by atoms with Crippen LogP contribution in [0.2, 0.25) is 0 Å². The summed E-state index contributed by atoms with van der Waals surface area (Å²) in [6.07, 6.45) is 2.25. The number of aryl methyl sites for hydroxylation is 1. The molecule has 0 aliphatic heterocycles. The standard InChI is InChI=1S/C8H14N4O2/c1-3-7(9)4-11-5-8(12(13)14)6(2)10-11/h5,7H,3-4,9H2,1-2H3. The summed E-state index contributed by atoms with van der Waals surface area (Å²) < 4.78 is 1.53. The SMILES string of the molecule is CCC(N)Cn1cc([N+](=O)[O-])c(C)n1. The largest absolute Gasteiger partial charge is 0.326 e. The van der Waals surface area contributed by atoms with Crippen molar-refractivity contribution in [3.8, 4) is 0 Å². The van der Waals surface area contributed by atoms with Crippen molar-refractivity contribution < 1.29 is 4.92 Å². The summed E-state index contributed by atoms with van der Waals surface area (Å²) in [5.41, 5.74) is 6.19. The minimum absolute atomic E-state index is 0.00564. The predicted octanol–water partition coefficient (Wildman–Crippen LogP) is 0.837. The third-order valence-electron chi connectivity index (χ3n) is 2.06. The molecule has 0 saturated carbocycles. The van der Waals surface area contributed by atoms with Crippen LogP contribution in [-0.4, -0.2) is 20.7 Å². The Morgan fingerprint density at radius 2 is 2.43 bits per heavy atom. The average molecular weight is 198 g/mol. The third kappa shape index (κ3) is 2.29. The zero-order chi connectivity index (χ0) is 10.7. The van der Waals surface area contributed by atoms with E-state index in [4.69, 9.17) is 5.73 Å². The molecule has 1 atom stereocenters. The first-order chi connectivity index (χ1) is 6.54. The predicted molar refractivity (Wildman–Crippen MR) is 51.9 cm³/mol. The summed E-state index contributed by atoms with van der Waals surface area (Å²) in [5.74, 6) is 0. The molecule has 1 rings (SSSR count). The first kappa shape index (κ1) is 10.6. The molecule has 0 aliphatic carbocycles. The van der Waals surface area contributed by atoms with Gasteiger partial charge in [-0.1, -0.05) is 6.92 Å². The van der Waals surface area contributed by atoms with Crippen molar-refractivity contribution in [2.75, 3.05) is 0 Å². The van der Waals surface area contributed by atoms with Gasteiger partial charge in [0.05, 0.1) is 11.5 Å². The van der Waals surface area contributed by atoms with Gasteiger partial charge in [0.2, 0.25) is 0 Å². The maximum absolute atomic E-state index is 10.5. The second kappa shape index (κ2) is 4.19. The highest BCUT2D eigenvalue weighted by Crippen LogP contribution is 2.15. The summed E-state index contributed by atoms with van der Waals surface area (Å²) in [6, 6.07) is -0.00564.